The van der Waals surface area contributed by atoms with Crippen molar-refractivity contribution < 1.29 is 9.53 Å². The lowest BCUT2D eigenvalue weighted by Crippen LogP contribution is -2.33. The van der Waals surface area contributed by atoms with Crippen LogP contribution in [-0.4, -0.2) is 31.0 Å². The summed E-state index contributed by atoms with van der Waals surface area (Å²) >= 11 is 0. The highest BCUT2D eigenvalue weighted by Crippen LogP contribution is 2.18. The lowest BCUT2D eigenvalue weighted by Gasteiger charge is -2.30. The number of methoxy groups -OCH3 is 1. The molecule has 4 nitrogen and oxygen atoms in total. The number of nitrogens with zero attached hydrogens (tertiary/aromatic N) is 1. The minimum absolute atomic E-state index is 0.0338. The average Bonchev–Trinajstić information content (AvgIpc) is 2.68. The van der Waals surface area contributed by atoms with Crippen LogP contribution in [0.2, 0.25) is 0 Å². The molecule has 1 aliphatic heterocycles. The highest BCUT2D eigenvalue weighted by atomic mass is 16.5. The Morgan fingerprint density at radius 2 is 1.74 bits per heavy atom. The smallest absolute Gasteiger partial charge is 0.224 e. The fourth-order valence-corrected chi connectivity index (χ4v) is 3.64. The van der Waals surface area contributed by atoms with E-state index in [1.165, 1.54) is 31.5 Å². The Hall–Kier alpha value is -2.33. The summed E-state index contributed by atoms with van der Waals surface area (Å²) in [5, 5.41) is 3.00. The summed E-state index contributed by atoms with van der Waals surface area (Å²) in [6, 6.07) is 16.2. The normalized spacial score (nSPS) is 17.5. The number of carbonyl (C=O) groups excluding carboxylic acids is 1. The summed E-state index contributed by atoms with van der Waals surface area (Å²) in [4.78, 5) is 14.7. The number of carbonyl (C=O) groups is 1. The first-order valence-electron chi connectivity index (χ1n) is 9.82. The van der Waals surface area contributed by atoms with Gasteiger partial charge in [0.05, 0.1) is 13.5 Å². The maximum absolute atomic E-state index is 12.2. The molecular weight excluding hydrogens is 336 g/mol. The van der Waals surface area contributed by atoms with Gasteiger partial charge in [0.15, 0.2) is 0 Å². The molecule has 0 bridgehead atoms. The Kier molecular flexibility index (Phi) is 6.88. The van der Waals surface area contributed by atoms with Crippen molar-refractivity contribution in [1.29, 1.82) is 0 Å². The van der Waals surface area contributed by atoms with Crippen molar-refractivity contribution in [3.05, 3.63) is 65.2 Å². The topological polar surface area (TPSA) is 41.6 Å². The lowest BCUT2D eigenvalue weighted by molar-refractivity contribution is -0.120. The summed E-state index contributed by atoms with van der Waals surface area (Å²) in [7, 11) is 1.64. The van der Waals surface area contributed by atoms with E-state index in [2.05, 4.69) is 41.4 Å². The molecule has 4 heteroatoms. The monoisotopic (exact) mass is 366 g/mol. The maximum atomic E-state index is 12.2. The first-order chi connectivity index (χ1) is 13.1. The number of rotatable bonds is 7. The van der Waals surface area contributed by atoms with Crippen LogP contribution in [0.4, 0.5) is 0 Å². The Morgan fingerprint density at radius 3 is 2.41 bits per heavy atom. The van der Waals surface area contributed by atoms with Crippen LogP contribution < -0.4 is 10.1 Å². The summed E-state index contributed by atoms with van der Waals surface area (Å²) in [6.07, 6.45) is 3.04. The van der Waals surface area contributed by atoms with Crippen LogP contribution in [0, 0.1) is 5.92 Å². The predicted molar refractivity (Wildman–Crippen MR) is 109 cm³/mol. The van der Waals surface area contributed by atoms with Crippen LogP contribution in [0.25, 0.3) is 0 Å². The van der Waals surface area contributed by atoms with Crippen molar-refractivity contribution in [2.45, 2.75) is 39.3 Å². The van der Waals surface area contributed by atoms with Crippen molar-refractivity contribution in [2.75, 3.05) is 20.2 Å². The zero-order valence-electron chi connectivity index (χ0n) is 16.4. The standard InChI is InChI=1S/C23H30N2O2/c1-18-4-3-13-25(16-18)17-21-7-5-20(6-8-21)15-24-23(26)14-19-9-11-22(27-2)12-10-19/h5-12,18H,3-4,13-17H2,1-2H3,(H,24,26). The van der Waals surface area contributed by atoms with Crippen LogP contribution >= 0.6 is 0 Å². The fraction of sp³-hybridized carbons (Fsp3) is 0.435. The predicted octanol–water partition coefficient (Wildman–Crippen LogP) is 3.79. The Bertz CT molecular complexity index is 725. The van der Waals surface area contributed by atoms with E-state index in [1.807, 2.05) is 24.3 Å². The van der Waals surface area contributed by atoms with Crippen molar-refractivity contribution in [3.8, 4) is 5.75 Å². The molecule has 0 saturated carbocycles. The van der Waals surface area contributed by atoms with Gasteiger partial charge in [0, 0.05) is 19.6 Å². The van der Waals surface area contributed by atoms with Gasteiger partial charge in [0.2, 0.25) is 5.91 Å². The van der Waals surface area contributed by atoms with E-state index in [0.29, 0.717) is 13.0 Å². The van der Waals surface area contributed by atoms with Crippen molar-refractivity contribution in [1.82, 2.24) is 10.2 Å². The first kappa shape index (κ1) is 19.4. The molecule has 1 fully saturated rings. The van der Waals surface area contributed by atoms with E-state index in [4.69, 9.17) is 4.74 Å². The third-order valence-electron chi connectivity index (χ3n) is 5.18. The number of ether oxygens (including phenoxy) is 1. The van der Waals surface area contributed by atoms with E-state index in [0.717, 1.165) is 29.3 Å². The molecule has 144 valence electrons. The largest absolute Gasteiger partial charge is 0.497 e. The van der Waals surface area contributed by atoms with Gasteiger partial charge in [0.1, 0.15) is 5.75 Å². The maximum Gasteiger partial charge on any atom is 0.224 e. The third kappa shape index (κ3) is 6.10. The number of hydrogen-bond acceptors (Lipinski definition) is 3. The minimum Gasteiger partial charge on any atom is -0.497 e. The van der Waals surface area contributed by atoms with Gasteiger partial charge < -0.3 is 10.1 Å². The van der Waals surface area contributed by atoms with Gasteiger partial charge in [-0.2, -0.15) is 0 Å². The van der Waals surface area contributed by atoms with Gasteiger partial charge in [-0.05, 0) is 54.1 Å². The number of amides is 1. The second-order valence-corrected chi connectivity index (χ2v) is 7.60. The van der Waals surface area contributed by atoms with Crippen LogP contribution in [0.15, 0.2) is 48.5 Å². The molecule has 0 spiro atoms. The molecule has 27 heavy (non-hydrogen) atoms. The van der Waals surface area contributed by atoms with Crippen molar-refractivity contribution in [2.24, 2.45) is 5.92 Å². The summed E-state index contributed by atoms with van der Waals surface area (Å²) < 4.78 is 5.14. The molecule has 0 aromatic heterocycles. The van der Waals surface area contributed by atoms with Gasteiger partial charge in [0.25, 0.3) is 0 Å². The molecule has 0 radical (unpaired) electrons. The molecule has 1 heterocycles. The highest BCUT2D eigenvalue weighted by molar-refractivity contribution is 5.78. The molecule has 1 N–H and O–H groups in total. The highest BCUT2D eigenvalue weighted by Gasteiger charge is 2.16. The van der Waals surface area contributed by atoms with Gasteiger partial charge in [-0.25, -0.2) is 0 Å². The van der Waals surface area contributed by atoms with E-state index >= 15 is 0 Å². The van der Waals surface area contributed by atoms with Crippen LogP contribution in [0.5, 0.6) is 5.75 Å². The van der Waals surface area contributed by atoms with Gasteiger partial charge in [-0.15, -0.1) is 0 Å². The number of benzene rings is 2. The molecule has 1 atom stereocenters. The molecule has 1 saturated heterocycles. The fourth-order valence-electron chi connectivity index (χ4n) is 3.64. The second kappa shape index (κ2) is 9.56. The second-order valence-electron chi connectivity index (χ2n) is 7.60. The number of nitrogens with one attached hydrogen (secondary N) is 1. The molecule has 1 aliphatic rings. The SMILES string of the molecule is COc1ccc(CC(=O)NCc2ccc(CN3CCCC(C)C3)cc2)cc1. The molecule has 0 aliphatic carbocycles. The van der Waals surface area contributed by atoms with Gasteiger partial charge in [-0.3, -0.25) is 9.69 Å². The lowest BCUT2D eigenvalue weighted by atomic mass is 9.99. The Balaban J connectivity index is 1.44. The minimum atomic E-state index is 0.0338. The molecule has 1 amide bonds. The van der Waals surface area contributed by atoms with E-state index in [1.54, 1.807) is 7.11 Å². The van der Waals surface area contributed by atoms with Crippen LogP contribution in [0.3, 0.4) is 0 Å². The van der Waals surface area contributed by atoms with Crippen LogP contribution in [0.1, 0.15) is 36.5 Å². The number of piperidine rings is 1. The molecule has 2 aromatic rings. The quantitative estimate of drug-likeness (QED) is 0.811. The molecular formula is C23H30N2O2. The molecule has 1 unspecified atom stereocenters. The average molecular weight is 367 g/mol. The molecule has 2 aromatic carbocycles. The number of likely N-dealkylation sites (tertiary alicyclic amines) is 1. The third-order valence-corrected chi connectivity index (χ3v) is 5.18. The van der Waals surface area contributed by atoms with Crippen molar-refractivity contribution >= 4 is 5.91 Å². The van der Waals surface area contributed by atoms with Gasteiger partial charge in [-0.1, -0.05) is 43.3 Å². The summed E-state index contributed by atoms with van der Waals surface area (Å²) in [5.74, 6) is 1.64. The van der Waals surface area contributed by atoms with E-state index in [-0.39, 0.29) is 5.91 Å². The molecule has 3 rings (SSSR count). The van der Waals surface area contributed by atoms with E-state index in [9.17, 15) is 4.79 Å². The summed E-state index contributed by atoms with van der Waals surface area (Å²) in [5.41, 5.74) is 3.46. The zero-order valence-corrected chi connectivity index (χ0v) is 16.4. The first-order valence-corrected chi connectivity index (χ1v) is 9.82. The van der Waals surface area contributed by atoms with Crippen molar-refractivity contribution in [3.63, 3.8) is 0 Å². The summed E-state index contributed by atoms with van der Waals surface area (Å²) in [6.45, 7) is 6.32. The van der Waals surface area contributed by atoms with Crippen LogP contribution in [-0.2, 0) is 24.3 Å². The Labute approximate surface area is 162 Å². The van der Waals surface area contributed by atoms with Gasteiger partial charge >= 0.3 is 0 Å². The number of hydrogen-bond donors (Lipinski definition) is 1. The van der Waals surface area contributed by atoms with E-state index < -0.39 is 0 Å². The Morgan fingerprint density at radius 1 is 1.07 bits per heavy atom. The zero-order chi connectivity index (χ0) is 19.1.